The molecular weight excluding hydrogens is 394 g/mol. The molecule has 1 fully saturated rings. The van der Waals surface area contributed by atoms with Gasteiger partial charge in [-0.15, -0.1) is 0 Å². The fraction of sp³-hybridized carbons (Fsp3) is 0.333. The molecule has 2 aliphatic rings. The summed E-state index contributed by atoms with van der Waals surface area (Å²) in [5, 5.41) is 2.16. The van der Waals surface area contributed by atoms with Crippen LogP contribution in [0.5, 0.6) is 0 Å². The maximum Gasteiger partial charge on any atom is 0.325 e. The molecule has 0 unspecified atom stereocenters. The molecule has 0 aliphatic carbocycles. The van der Waals surface area contributed by atoms with E-state index in [9.17, 15) is 18.4 Å². The molecule has 2 aromatic heterocycles. The number of likely N-dealkylation sites (tertiary alicyclic amines) is 1. The molecule has 0 saturated carbocycles. The van der Waals surface area contributed by atoms with Crippen molar-refractivity contribution in [3.8, 4) is 0 Å². The van der Waals surface area contributed by atoms with Crippen molar-refractivity contribution in [2.24, 2.45) is 0 Å². The summed E-state index contributed by atoms with van der Waals surface area (Å²) < 4.78 is 32.4. The van der Waals surface area contributed by atoms with Gasteiger partial charge in [0.15, 0.2) is 0 Å². The minimum atomic E-state index is -3.42. The number of halogens is 2. The van der Waals surface area contributed by atoms with E-state index in [4.69, 9.17) is 4.42 Å². The lowest BCUT2D eigenvalue weighted by molar-refractivity contribution is -0.140. The van der Waals surface area contributed by atoms with E-state index < -0.39 is 18.3 Å². The van der Waals surface area contributed by atoms with Crippen LogP contribution in [0.15, 0.2) is 40.8 Å². The van der Waals surface area contributed by atoms with E-state index in [0.717, 1.165) is 12.8 Å². The summed E-state index contributed by atoms with van der Waals surface area (Å²) in [6.07, 6.45) is 10.5. The quantitative estimate of drug-likeness (QED) is 0.779. The Bertz CT molecular complexity index is 1010. The van der Waals surface area contributed by atoms with Gasteiger partial charge in [-0.3, -0.25) is 9.59 Å². The lowest BCUT2D eigenvalue weighted by atomic mass is 10.0. The van der Waals surface area contributed by atoms with Crippen LogP contribution in [-0.4, -0.2) is 45.7 Å². The molecule has 4 rings (SSSR count). The second-order valence-electron chi connectivity index (χ2n) is 7.27. The van der Waals surface area contributed by atoms with E-state index in [1.54, 1.807) is 23.2 Å². The Balaban J connectivity index is 1.37. The zero-order valence-corrected chi connectivity index (χ0v) is 16.1. The zero-order chi connectivity index (χ0) is 21.1. The standard InChI is InChI=1S/C21H20F2N4O3/c22-21(23)6-3-16-11-15(13-25-19(16)26-20(21)29)1-2-18(28)27-8-4-14(5-9-27)12-17-24-7-10-30-17/h1-2,7,10-13H,3-6,8-9H2,(H,25,26,29)/b2-1+. The molecule has 0 bridgehead atoms. The molecule has 0 spiro atoms. The molecular formula is C21H20F2N4O3. The van der Waals surface area contributed by atoms with Gasteiger partial charge in [0.05, 0.1) is 6.20 Å². The second-order valence-corrected chi connectivity index (χ2v) is 7.27. The molecule has 4 heterocycles. The summed E-state index contributed by atoms with van der Waals surface area (Å²) in [6.45, 7) is 1.19. The van der Waals surface area contributed by atoms with Crippen LogP contribution in [0.3, 0.4) is 0 Å². The Kier molecular flexibility index (Phi) is 5.43. The number of nitrogens with zero attached hydrogens (tertiary/aromatic N) is 3. The molecule has 0 aromatic carbocycles. The SMILES string of the molecule is O=C(/C=C/c1cnc2c(c1)CCC(F)(F)C(=O)N2)N1CCC(=Cc2ncco2)CC1. The van der Waals surface area contributed by atoms with Crippen molar-refractivity contribution in [1.29, 1.82) is 0 Å². The van der Waals surface area contributed by atoms with Gasteiger partial charge in [0, 0.05) is 31.8 Å². The van der Waals surface area contributed by atoms with Crippen LogP contribution >= 0.6 is 0 Å². The fourth-order valence-corrected chi connectivity index (χ4v) is 3.44. The van der Waals surface area contributed by atoms with Crippen molar-refractivity contribution in [2.45, 2.75) is 31.6 Å². The minimum absolute atomic E-state index is 0.0233. The van der Waals surface area contributed by atoms with Crippen molar-refractivity contribution >= 4 is 29.8 Å². The average molecular weight is 414 g/mol. The Morgan fingerprint density at radius 2 is 2.03 bits per heavy atom. The molecule has 7 nitrogen and oxygen atoms in total. The van der Waals surface area contributed by atoms with E-state index in [2.05, 4.69) is 15.3 Å². The van der Waals surface area contributed by atoms with E-state index in [1.165, 1.54) is 24.1 Å². The van der Waals surface area contributed by atoms with Crippen LogP contribution < -0.4 is 5.32 Å². The molecule has 30 heavy (non-hydrogen) atoms. The summed E-state index contributed by atoms with van der Waals surface area (Å²) in [5.41, 5.74) is 2.32. The highest BCUT2D eigenvalue weighted by Crippen LogP contribution is 2.29. The largest absolute Gasteiger partial charge is 0.445 e. The lowest BCUT2D eigenvalue weighted by Gasteiger charge is -2.27. The number of aryl methyl sites for hydroxylation is 1. The van der Waals surface area contributed by atoms with Crippen molar-refractivity contribution < 1.29 is 22.8 Å². The van der Waals surface area contributed by atoms with Gasteiger partial charge in [0.1, 0.15) is 12.1 Å². The zero-order valence-electron chi connectivity index (χ0n) is 16.1. The molecule has 9 heteroatoms. The maximum atomic E-state index is 13.6. The van der Waals surface area contributed by atoms with E-state index in [-0.39, 0.29) is 18.1 Å². The van der Waals surface area contributed by atoms with Gasteiger partial charge >= 0.3 is 5.92 Å². The molecule has 2 amide bonds. The van der Waals surface area contributed by atoms with Crippen molar-refractivity contribution in [3.05, 3.63) is 53.4 Å². The molecule has 2 aliphatic heterocycles. The summed E-state index contributed by atoms with van der Waals surface area (Å²) in [5.74, 6) is -4.17. The Hall–Kier alpha value is -3.36. The minimum Gasteiger partial charge on any atom is -0.445 e. The van der Waals surface area contributed by atoms with Crippen LogP contribution in [0, 0.1) is 0 Å². The first-order chi connectivity index (χ1) is 14.4. The number of rotatable bonds is 3. The molecule has 0 radical (unpaired) electrons. The van der Waals surface area contributed by atoms with Gasteiger partial charge in [0.25, 0.3) is 5.91 Å². The van der Waals surface area contributed by atoms with Gasteiger partial charge in [-0.25, -0.2) is 9.97 Å². The first-order valence-corrected chi connectivity index (χ1v) is 9.65. The number of amides is 2. The maximum absolute atomic E-state index is 13.6. The molecule has 1 saturated heterocycles. The summed E-state index contributed by atoms with van der Waals surface area (Å²) in [7, 11) is 0. The van der Waals surface area contributed by atoms with Gasteiger partial charge in [-0.05, 0) is 48.6 Å². The summed E-state index contributed by atoms with van der Waals surface area (Å²) >= 11 is 0. The number of anilines is 1. The van der Waals surface area contributed by atoms with Crippen LogP contribution in [0.2, 0.25) is 0 Å². The molecule has 1 N–H and O–H groups in total. The van der Waals surface area contributed by atoms with Crippen molar-refractivity contribution in [2.75, 3.05) is 18.4 Å². The third kappa shape index (κ3) is 4.45. The van der Waals surface area contributed by atoms with Crippen LogP contribution in [0.1, 0.15) is 36.3 Å². The first kappa shape index (κ1) is 19.9. The third-order valence-corrected chi connectivity index (χ3v) is 5.17. The number of fused-ring (bicyclic) bond motifs is 1. The smallest absolute Gasteiger partial charge is 0.325 e. The Morgan fingerprint density at radius 3 is 2.77 bits per heavy atom. The Labute approximate surface area is 171 Å². The lowest BCUT2D eigenvalue weighted by Crippen LogP contribution is -2.35. The highest BCUT2D eigenvalue weighted by molar-refractivity contribution is 5.97. The average Bonchev–Trinajstić information content (AvgIpc) is 3.21. The highest BCUT2D eigenvalue weighted by Gasteiger charge is 2.41. The number of hydrogen-bond acceptors (Lipinski definition) is 5. The number of aromatic nitrogens is 2. The topological polar surface area (TPSA) is 88.3 Å². The highest BCUT2D eigenvalue weighted by atomic mass is 19.3. The predicted octanol–water partition coefficient (Wildman–Crippen LogP) is 3.31. The van der Waals surface area contributed by atoms with E-state index >= 15 is 0 Å². The number of nitrogens with one attached hydrogen (secondary N) is 1. The van der Waals surface area contributed by atoms with Gasteiger partial charge in [-0.2, -0.15) is 8.78 Å². The second kappa shape index (κ2) is 8.17. The number of carbonyl (C=O) groups excluding carboxylic acids is 2. The number of hydrogen-bond donors (Lipinski definition) is 1. The number of piperidine rings is 1. The van der Waals surface area contributed by atoms with Crippen molar-refractivity contribution in [3.63, 3.8) is 0 Å². The van der Waals surface area contributed by atoms with Gasteiger partial charge in [-0.1, -0.05) is 5.57 Å². The molecule has 156 valence electrons. The number of carbonyl (C=O) groups is 2. The fourth-order valence-electron chi connectivity index (χ4n) is 3.44. The summed E-state index contributed by atoms with van der Waals surface area (Å²) in [4.78, 5) is 33.9. The van der Waals surface area contributed by atoms with Crippen molar-refractivity contribution in [1.82, 2.24) is 14.9 Å². The number of pyridine rings is 1. The molecule has 0 atom stereocenters. The molecule has 2 aromatic rings. The Morgan fingerprint density at radius 1 is 1.23 bits per heavy atom. The number of oxazole rings is 1. The monoisotopic (exact) mass is 414 g/mol. The van der Waals surface area contributed by atoms with Gasteiger partial charge in [0.2, 0.25) is 11.8 Å². The third-order valence-electron chi connectivity index (χ3n) is 5.17. The first-order valence-electron chi connectivity index (χ1n) is 9.65. The van der Waals surface area contributed by atoms with E-state index in [0.29, 0.717) is 30.1 Å². The predicted molar refractivity (Wildman–Crippen MR) is 105 cm³/mol. The van der Waals surface area contributed by atoms with E-state index in [1.807, 2.05) is 6.08 Å². The van der Waals surface area contributed by atoms with Crippen LogP contribution in [0.4, 0.5) is 14.6 Å². The normalized spacial score (nSPS) is 18.7. The van der Waals surface area contributed by atoms with Gasteiger partial charge < -0.3 is 14.6 Å². The van der Waals surface area contributed by atoms with Crippen LogP contribution in [0.25, 0.3) is 12.2 Å². The summed E-state index contributed by atoms with van der Waals surface area (Å²) in [6, 6.07) is 1.67. The van der Waals surface area contributed by atoms with Crippen LogP contribution in [-0.2, 0) is 16.0 Å². The number of alkyl halides is 2.